The third-order valence-corrected chi connectivity index (χ3v) is 8.59. The summed E-state index contributed by atoms with van der Waals surface area (Å²) in [6.07, 6.45) is 8.42. The van der Waals surface area contributed by atoms with Gasteiger partial charge in [-0.15, -0.1) is 0 Å². The molecule has 1 aromatic rings. The zero-order valence-electron chi connectivity index (χ0n) is 15.0. The molecule has 4 rings (SSSR count). The van der Waals surface area contributed by atoms with Crippen molar-refractivity contribution in [3.8, 4) is 0 Å². The van der Waals surface area contributed by atoms with Gasteiger partial charge in [0.25, 0.3) is 0 Å². The number of hydrogen-bond donors (Lipinski definition) is 0. The summed E-state index contributed by atoms with van der Waals surface area (Å²) >= 11 is 0. The maximum Gasteiger partial charge on any atom is 0.217 e. The van der Waals surface area contributed by atoms with E-state index in [1.165, 1.54) is 24.8 Å². The summed E-state index contributed by atoms with van der Waals surface area (Å²) in [5.74, 6) is 0. The smallest absolute Gasteiger partial charge is 0.217 e. The average Bonchev–Trinajstić information content (AvgIpc) is 3.48. The highest BCUT2D eigenvalue weighted by molar-refractivity contribution is 7.89. The molecule has 0 bridgehead atoms. The highest BCUT2D eigenvalue weighted by Crippen LogP contribution is 2.33. The van der Waals surface area contributed by atoms with Crippen LogP contribution in [0.2, 0.25) is 0 Å². The first-order chi connectivity index (χ1) is 12.1. The normalized spacial score (nSPS) is 27.4. The second kappa shape index (κ2) is 7.37. The second-order valence-corrected chi connectivity index (χ2v) is 10.2. The molecule has 1 unspecified atom stereocenters. The lowest BCUT2D eigenvalue weighted by atomic mass is 10.0. The van der Waals surface area contributed by atoms with E-state index in [0.29, 0.717) is 12.6 Å². The summed E-state index contributed by atoms with van der Waals surface area (Å²) in [5.41, 5.74) is 1.24. The van der Waals surface area contributed by atoms with Crippen LogP contribution in [-0.2, 0) is 16.4 Å². The Morgan fingerprint density at radius 3 is 2.32 bits per heavy atom. The van der Waals surface area contributed by atoms with Crippen molar-refractivity contribution >= 4 is 10.0 Å². The first-order valence-corrected chi connectivity index (χ1v) is 11.4. The minimum Gasteiger partial charge on any atom is -0.297 e. The second-order valence-electron chi connectivity index (χ2n) is 7.99. The van der Waals surface area contributed by atoms with Gasteiger partial charge >= 0.3 is 0 Å². The fourth-order valence-corrected chi connectivity index (χ4v) is 6.78. The van der Waals surface area contributed by atoms with E-state index < -0.39 is 10.0 Å². The average molecular weight is 363 g/mol. The molecule has 0 aromatic heterocycles. The van der Waals surface area contributed by atoms with Crippen LogP contribution in [0, 0.1) is 0 Å². The first kappa shape index (κ1) is 17.5. The molecule has 0 N–H and O–H groups in total. The van der Waals surface area contributed by atoms with Crippen LogP contribution in [0.4, 0.5) is 0 Å². The summed E-state index contributed by atoms with van der Waals surface area (Å²) < 4.78 is 28.6. The number of benzene rings is 1. The SMILES string of the molecule is O=S(=O)(C1CCCCC1)N1CCN(C2CC2)CC1Cc1ccccc1. The first-order valence-electron chi connectivity index (χ1n) is 9.93. The highest BCUT2D eigenvalue weighted by Gasteiger charge is 2.42. The van der Waals surface area contributed by atoms with Gasteiger partial charge in [-0.05, 0) is 37.7 Å². The van der Waals surface area contributed by atoms with Gasteiger partial charge in [0, 0.05) is 31.7 Å². The minimum atomic E-state index is -3.18. The van der Waals surface area contributed by atoms with Crippen molar-refractivity contribution in [3.63, 3.8) is 0 Å². The molecule has 4 nitrogen and oxygen atoms in total. The Morgan fingerprint density at radius 2 is 1.64 bits per heavy atom. The number of sulfonamides is 1. The van der Waals surface area contributed by atoms with Crippen molar-refractivity contribution < 1.29 is 8.42 Å². The topological polar surface area (TPSA) is 40.6 Å². The Labute approximate surface area is 152 Å². The quantitative estimate of drug-likeness (QED) is 0.808. The van der Waals surface area contributed by atoms with E-state index in [0.717, 1.165) is 45.2 Å². The molecule has 3 fully saturated rings. The third-order valence-electron chi connectivity index (χ3n) is 6.14. The Morgan fingerprint density at radius 1 is 0.920 bits per heavy atom. The van der Waals surface area contributed by atoms with Gasteiger partial charge in [-0.1, -0.05) is 49.6 Å². The van der Waals surface area contributed by atoms with E-state index in [1.54, 1.807) is 0 Å². The highest BCUT2D eigenvalue weighted by atomic mass is 32.2. The van der Waals surface area contributed by atoms with Crippen molar-refractivity contribution in [3.05, 3.63) is 35.9 Å². The predicted octanol–water partition coefficient (Wildman–Crippen LogP) is 3.04. The van der Waals surface area contributed by atoms with Gasteiger partial charge in [-0.2, -0.15) is 4.31 Å². The predicted molar refractivity (Wildman–Crippen MR) is 101 cm³/mol. The molecule has 2 saturated carbocycles. The molecule has 1 aliphatic heterocycles. The maximum atomic E-state index is 13.3. The van der Waals surface area contributed by atoms with E-state index in [9.17, 15) is 8.42 Å². The van der Waals surface area contributed by atoms with Crippen LogP contribution in [0.5, 0.6) is 0 Å². The van der Waals surface area contributed by atoms with Crippen molar-refractivity contribution in [2.75, 3.05) is 19.6 Å². The summed E-state index contributed by atoms with van der Waals surface area (Å²) in [7, 11) is -3.18. The van der Waals surface area contributed by atoms with Gasteiger partial charge in [-0.3, -0.25) is 4.90 Å². The molecule has 0 amide bonds. The molecule has 2 aliphatic carbocycles. The molecule has 1 heterocycles. The Hall–Kier alpha value is -0.910. The van der Waals surface area contributed by atoms with E-state index in [-0.39, 0.29) is 11.3 Å². The van der Waals surface area contributed by atoms with E-state index in [4.69, 9.17) is 0 Å². The number of hydrogen-bond acceptors (Lipinski definition) is 3. The number of piperazine rings is 1. The maximum absolute atomic E-state index is 13.3. The van der Waals surface area contributed by atoms with Crippen molar-refractivity contribution in [1.82, 2.24) is 9.21 Å². The largest absolute Gasteiger partial charge is 0.297 e. The summed E-state index contributed by atoms with van der Waals surface area (Å²) in [5, 5.41) is -0.146. The molecule has 0 spiro atoms. The summed E-state index contributed by atoms with van der Waals surface area (Å²) in [6.45, 7) is 2.47. The number of nitrogens with zero attached hydrogens (tertiary/aromatic N) is 2. The summed E-state index contributed by atoms with van der Waals surface area (Å²) in [4.78, 5) is 2.53. The zero-order chi connectivity index (χ0) is 17.3. The van der Waals surface area contributed by atoms with Gasteiger partial charge in [0.15, 0.2) is 0 Å². The monoisotopic (exact) mass is 362 g/mol. The molecule has 1 atom stereocenters. The van der Waals surface area contributed by atoms with E-state index in [2.05, 4.69) is 29.2 Å². The van der Waals surface area contributed by atoms with Crippen LogP contribution < -0.4 is 0 Å². The van der Waals surface area contributed by atoms with Crippen LogP contribution in [0.1, 0.15) is 50.5 Å². The standard InChI is InChI=1S/C20H30N2O2S/c23-25(24,20-9-5-2-6-10-20)22-14-13-21(18-11-12-18)16-19(22)15-17-7-3-1-4-8-17/h1,3-4,7-8,18-20H,2,5-6,9-16H2. The van der Waals surface area contributed by atoms with Crippen LogP contribution in [-0.4, -0.2) is 54.6 Å². The minimum absolute atomic E-state index is 0.0867. The molecular formula is C20H30N2O2S. The molecule has 1 saturated heterocycles. The molecule has 1 aromatic carbocycles. The lowest BCUT2D eigenvalue weighted by molar-refractivity contribution is 0.126. The van der Waals surface area contributed by atoms with Gasteiger partial charge in [0.05, 0.1) is 5.25 Å². The molecule has 5 heteroatoms. The van der Waals surface area contributed by atoms with Crippen molar-refractivity contribution in [2.24, 2.45) is 0 Å². The molecule has 138 valence electrons. The molecular weight excluding hydrogens is 332 g/mol. The van der Waals surface area contributed by atoms with Crippen LogP contribution in [0.25, 0.3) is 0 Å². The van der Waals surface area contributed by atoms with E-state index >= 15 is 0 Å². The van der Waals surface area contributed by atoms with Crippen molar-refractivity contribution in [1.29, 1.82) is 0 Å². The van der Waals surface area contributed by atoms with E-state index in [1.807, 2.05) is 10.4 Å². The summed E-state index contributed by atoms with van der Waals surface area (Å²) in [6, 6.07) is 11.2. The fraction of sp³-hybridized carbons (Fsp3) is 0.700. The van der Waals surface area contributed by atoms with Gasteiger partial charge in [0.1, 0.15) is 0 Å². The molecule has 0 radical (unpaired) electrons. The Bertz CT molecular complexity index is 666. The fourth-order valence-electron chi connectivity index (χ4n) is 4.58. The zero-order valence-corrected chi connectivity index (χ0v) is 15.8. The molecule has 3 aliphatic rings. The van der Waals surface area contributed by atoms with Crippen LogP contribution in [0.15, 0.2) is 30.3 Å². The van der Waals surface area contributed by atoms with Crippen LogP contribution >= 0.6 is 0 Å². The Balaban J connectivity index is 1.54. The van der Waals surface area contributed by atoms with Crippen molar-refractivity contribution in [2.45, 2.75) is 68.7 Å². The number of rotatable bonds is 5. The Kier molecular flexibility index (Phi) is 5.16. The third kappa shape index (κ3) is 3.93. The lowest BCUT2D eigenvalue weighted by Crippen LogP contribution is -2.58. The molecule has 25 heavy (non-hydrogen) atoms. The van der Waals surface area contributed by atoms with Gasteiger partial charge in [-0.25, -0.2) is 8.42 Å². The van der Waals surface area contributed by atoms with Gasteiger partial charge < -0.3 is 0 Å². The van der Waals surface area contributed by atoms with Crippen LogP contribution in [0.3, 0.4) is 0 Å². The lowest BCUT2D eigenvalue weighted by Gasteiger charge is -2.42. The van der Waals surface area contributed by atoms with Gasteiger partial charge in [0.2, 0.25) is 10.0 Å².